The summed E-state index contributed by atoms with van der Waals surface area (Å²) in [7, 11) is 0. The Morgan fingerprint density at radius 1 is 1.14 bits per heavy atom. The smallest absolute Gasteiger partial charge is 0.414 e. The Morgan fingerprint density at radius 3 is 2.50 bits per heavy atom. The highest BCUT2D eigenvalue weighted by atomic mass is 32.1. The molecule has 0 bridgehead atoms. The van der Waals surface area contributed by atoms with Crippen LogP contribution in [0.15, 0.2) is 42.5 Å². The van der Waals surface area contributed by atoms with Gasteiger partial charge >= 0.3 is 6.09 Å². The van der Waals surface area contributed by atoms with Crippen LogP contribution in [0.2, 0.25) is 0 Å². The molecule has 0 spiro atoms. The molecule has 4 N–H and O–H groups in total. The third-order valence-corrected chi connectivity index (χ3v) is 8.10. The van der Waals surface area contributed by atoms with Crippen LogP contribution in [-0.4, -0.2) is 79.6 Å². The minimum absolute atomic E-state index is 0.0251. The summed E-state index contributed by atoms with van der Waals surface area (Å²) in [6.07, 6.45) is 1.92. The highest BCUT2D eigenvalue weighted by molar-refractivity contribution is 7.80. The Hall–Kier alpha value is -3.35. The maximum Gasteiger partial charge on any atom is 0.414 e. The van der Waals surface area contributed by atoms with Crippen molar-refractivity contribution in [3.63, 3.8) is 0 Å². The minimum atomic E-state index is -0.576. The second-order valence-corrected chi connectivity index (χ2v) is 11.4. The van der Waals surface area contributed by atoms with Gasteiger partial charge in [-0.2, -0.15) is 12.6 Å². The average Bonchev–Trinajstić information content (AvgIpc) is 3.36. The van der Waals surface area contributed by atoms with E-state index in [-0.39, 0.29) is 23.3 Å². The number of hydrogen-bond donors (Lipinski definition) is 4. The summed E-state index contributed by atoms with van der Waals surface area (Å²) >= 11 is 4.40. The molecular formula is C30H41FN6O4S. The first kappa shape index (κ1) is 31.6. The fourth-order valence-electron chi connectivity index (χ4n) is 4.98. The molecule has 0 unspecified atom stereocenters. The number of rotatable bonds is 12. The van der Waals surface area contributed by atoms with Crippen molar-refractivity contribution in [2.45, 2.75) is 57.1 Å². The van der Waals surface area contributed by atoms with Crippen LogP contribution in [0.4, 0.5) is 26.2 Å². The lowest BCUT2D eigenvalue weighted by Gasteiger charge is -2.36. The Bertz CT molecular complexity index is 1240. The molecule has 0 aliphatic carbocycles. The number of ether oxygens (including phenoxy) is 1. The molecule has 0 radical (unpaired) electrons. The molecule has 2 aromatic rings. The van der Waals surface area contributed by atoms with Crippen molar-refractivity contribution in [1.29, 1.82) is 0 Å². The van der Waals surface area contributed by atoms with Crippen LogP contribution >= 0.6 is 12.6 Å². The molecule has 3 amide bonds. The molecule has 10 nitrogen and oxygen atoms in total. The number of nitrogens with two attached hydrogens (primary N) is 1. The number of cyclic esters (lactones) is 1. The van der Waals surface area contributed by atoms with Gasteiger partial charge in [0, 0.05) is 44.8 Å². The fourth-order valence-corrected chi connectivity index (χ4v) is 5.09. The molecule has 0 saturated carbocycles. The molecule has 3 atom stereocenters. The average molecular weight is 601 g/mol. The molecule has 2 aliphatic rings. The maximum absolute atomic E-state index is 15.2. The SMILES string of the molecule is CC[C@H](S)NC[C@H]1CN(c2ccc(N3CCN(C(=O)CCCc4ccc(NC(=O)[C@H](C)N)cc4)CC3)c(F)c2)C(=O)O1. The molecule has 2 saturated heterocycles. The van der Waals surface area contributed by atoms with Gasteiger partial charge in [0.1, 0.15) is 11.9 Å². The fraction of sp³-hybridized carbons (Fsp3) is 0.500. The van der Waals surface area contributed by atoms with Crippen LogP contribution in [0.1, 0.15) is 38.7 Å². The van der Waals surface area contributed by atoms with Crippen LogP contribution in [0.3, 0.4) is 0 Å². The van der Waals surface area contributed by atoms with Crippen LogP contribution < -0.4 is 26.2 Å². The molecule has 2 aliphatic heterocycles. The van der Waals surface area contributed by atoms with Gasteiger partial charge in [0.05, 0.1) is 29.3 Å². The quantitative estimate of drug-likeness (QED) is 0.218. The number of amides is 3. The topological polar surface area (TPSA) is 120 Å². The Kier molecular flexibility index (Phi) is 11.1. The second kappa shape index (κ2) is 14.7. The molecule has 0 aromatic heterocycles. The number of halogens is 1. The highest BCUT2D eigenvalue weighted by Crippen LogP contribution is 2.29. The third kappa shape index (κ3) is 8.36. The maximum atomic E-state index is 15.2. The first-order valence-corrected chi connectivity index (χ1v) is 15.0. The lowest BCUT2D eigenvalue weighted by atomic mass is 10.1. The predicted octanol–water partition coefficient (Wildman–Crippen LogP) is 3.36. The van der Waals surface area contributed by atoms with Crippen LogP contribution in [-0.2, 0) is 20.7 Å². The zero-order chi connectivity index (χ0) is 30.2. The third-order valence-electron chi connectivity index (χ3n) is 7.55. The molecule has 2 aromatic carbocycles. The summed E-state index contributed by atoms with van der Waals surface area (Å²) in [5.41, 5.74) is 8.27. The minimum Gasteiger partial charge on any atom is -0.443 e. The zero-order valence-electron chi connectivity index (χ0n) is 24.2. The summed E-state index contributed by atoms with van der Waals surface area (Å²) in [4.78, 5) is 42.1. The Balaban J connectivity index is 1.21. The number of thiol groups is 1. The van der Waals surface area contributed by atoms with Gasteiger partial charge < -0.3 is 30.9 Å². The highest BCUT2D eigenvalue weighted by Gasteiger charge is 2.33. The molecule has 228 valence electrons. The Labute approximate surface area is 252 Å². The van der Waals surface area contributed by atoms with Crippen molar-refractivity contribution >= 4 is 47.6 Å². The number of nitrogens with zero attached hydrogens (tertiary/aromatic N) is 3. The van der Waals surface area contributed by atoms with E-state index < -0.39 is 18.0 Å². The summed E-state index contributed by atoms with van der Waals surface area (Å²) < 4.78 is 20.6. The number of aryl methyl sites for hydroxylation is 1. The van der Waals surface area contributed by atoms with Crippen molar-refractivity contribution in [3.05, 3.63) is 53.8 Å². The van der Waals surface area contributed by atoms with Crippen LogP contribution in [0.5, 0.6) is 0 Å². The van der Waals surface area contributed by atoms with Crippen molar-refractivity contribution < 1.29 is 23.5 Å². The number of anilines is 3. The van der Waals surface area contributed by atoms with E-state index in [4.69, 9.17) is 10.5 Å². The summed E-state index contributed by atoms with van der Waals surface area (Å²) in [6, 6.07) is 11.8. The number of benzene rings is 2. The number of hydrogen-bond acceptors (Lipinski definition) is 8. The van der Waals surface area contributed by atoms with Crippen LogP contribution in [0.25, 0.3) is 0 Å². The lowest BCUT2D eigenvalue weighted by Crippen LogP contribution is -2.49. The molecule has 12 heteroatoms. The summed E-state index contributed by atoms with van der Waals surface area (Å²) in [5.74, 6) is -0.559. The van der Waals surface area contributed by atoms with Gasteiger partial charge in [-0.1, -0.05) is 19.1 Å². The second-order valence-electron chi connectivity index (χ2n) is 10.8. The molecular weight excluding hydrogens is 559 g/mol. The van der Waals surface area contributed by atoms with Gasteiger partial charge in [0.25, 0.3) is 0 Å². The van der Waals surface area contributed by atoms with Crippen molar-refractivity contribution in [3.8, 4) is 0 Å². The normalized spacial score (nSPS) is 18.5. The largest absolute Gasteiger partial charge is 0.443 e. The van der Waals surface area contributed by atoms with Crippen molar-refractivity contribution in [2.24, 2.45) is 5.73 Å². The zero-order valence-corrected chi connectivity index (χ0v) is 25.1. The first-order valence-electron chi connectivity index (χ1n) is 14.5. The number of carbonyl (C=O) groups excluding carboxylic acids is 3. The van der Waals surface area contributed by atoms with Gasteiger partial charge in [-0.3, -0.25) is 14.5 Å². The van der Waals surface area contributed by atoms with E-state index in [0.717, 1.165) is 18.4 Å². The van der Waals surface area contributed by atoms with Crippen LogP contribution in [0, 0.1) is 5.82 Å². The van der Waals surface area contributed by atoms with E-state index >= 15 is 4.39 Å². The molecule has 4 rings (SSSR count). The van der Waals surface area contributed by atoms with Gasteiger partial charge in [0.15, 0.2) is 0 Å². The first-order chi connectivity index (χ1) is 20.1. The van der Waals surface area contributed by atoms with E-state index in [1.807, 2.05) is 41.0 Å². The van der Waals surface area contributed by atoms with E-state index in [9.17, 15) is 14.4 Å². The van der Waals surface area contributed by atoms with E-state index in [1.165, 1.54) is 11.0 Å². The number of carbonyl (C=O) groups is 3. The van der Waals surface area contributed by atoms with Gasteiger partial charge in [-0.15, -0.1) is 0 Å². The molecule has 2 heterocycles. The Morgan fingerprint density at radius 2 is 1.86 bits per heavy atom. The van der Waals surface area contributed by atoms with Gasteiger partial charge in [0.2, 0.25) is 11.8 Å². The standard InChI is InChI=1S/C30H41FN6O4S/c1-3-27(42)33-18-24-19-37(30(40)41-24)23-11-12-26(25(31)17-23)35-13-15-36(16-14-35)28(38)6-4-5-21-7-9-22(10-8-21)34-29(39)20(2)32/h7-12,17,20,24,27,33,42H,3-6,13-16,18-19,32H2,1-2H3,(H,34,39)/t20-,24-,27-/m0/s1. The van der Waals surface area contributed by atoms with E-state index in [1.54, 1.807) is 19.1 Å². The summed E-state index contributed by atoms with van der Waals surface area (Å²) in [6.45, 7) is 6.56. The van der Waals surface area contributed by atoms with Gasteiger partial charge in [-0.05, 0) is 62.1 Å². The number of piperazine rings is 1. The van der Waals surface area contributed by atoms with E-state index in [2.05, 4.69) is 23.3 Å². The lowest BCUT2D eigenvalue weighted by molar-refractivity contribution is -0.131. The monoisotopic (exact) mass is 600 g/mol. The van der Waals surface area contributed by atoms with Crippen molar-refractivity contribution in [2.75, 3.05) is 54.4 Å². The number of nitrogens with one attached hydrogen (secondary N) is 2. The molecule has 42 heavy (non-hydrogen) atoms. The molecule has 2 fully saturated rings. The van der Waals surface area contributed by atoms with E-state index in [0.29, 0.717) is 69.2 Å². The summed E-state index contributed by atoms with van der Waals surface area (Å²) in [5, 5.41) is 5.99. The predicted molar refractivity (Wildman–Crippen MR) is 166 cm³/mol. The van der Waals surface area contributed by atoms with Crippen molar-refractivity contribution in [1.82, 2.24) is 10.2 Å². The van der Waals surface area contributed by atoms with Gasteiger partial charge in [-0.25, -0.2) is 9.18 Å².